The van der Waals surface area contributed by atoms with E-state index in [1.807, 2.05) is 24.1 Å². The van der Waals surface area contributed by atoms with Crippen molar-refractivity contribution in [1.82, 2.24) is 15.1 Å². The predicted octanol–water partition coefficient (Wildman–Crippen LogP) is 0.717. The van der Waals surface area contributed by atoms with E-state index in [1.54, 1.807) is 7.11 Å². The molecule has 0 aliphatic carbocycles. The van der Waals surface area contributed by atoms with Crippen molar-refractivity contribution in [3.8, 4) is 0 Å². The van der Waals surface area contributed by atoms with Gasteiger partial charge in [-0.25, -0.2) is 0 Å². The summed E-state index contributed by atoms with van der Waals surface area (Å²) in [6.45, 7) is 3.73. The first-order valence-corrected chi connectivity index (χ1v) is 4.45. The fourth-order valence-corrected chi connectivity index (χ4v) is 1.16. The molecule has 0 aromatic carbocycles. The molecule has 0 spiro atoms. The zero-order valence-electron chi connectivity index (χ0n) is 8.45. The Morgan fingerprint density at radius 2 is 2.46 bits per heavy atom. The molecule has 4 nitrogen and oxygen atoms in total. The zero-order chi connectivity index (χ0) is 9.68. The Kier molecular flexibility index (Phi) is 3.92. The minimum atomic E-state index is 0.337. The van der Waals surface area contributed by atoms with E-state index in [4.69, 9.17) is 4.74 Å². The van der Waals surface area contributed by atoms with Gasteiger partial charge in [0.1, 0.15) is 0 Å². The molecular formula is C9H17N3O. The van der Waals surface area contributed by atoms with E-state index in [9.17, 15) is 0 Å². The molecule has 4 heteroatoms. The summed E-state index contributed by atoms with van der Waals surface area (Å²) >= 11 is 0. The lowest BCUT2D eigenvalue weighted by molar-refractivity contribution is 0.196. The first-order chi connectivity index (χ1) is 6.24. The van der Waals surface area contributed by atoms with Crippen LogP contribution in [0.15, 0.2) is 12.4 Å². The molecule has 1 N–H and O–H groups in total. The molecule has 1 aromatic rings. The molecule has 1 atom stereocenters. The van der Waals surface area contributed by atoms with Crippen molar-refractivity contribution in [3.63, 3.8) is 0 Å². The monoisotopic (exact) mass is 183 g/mol. The van der Waals surface area contributed by atoms with E-state index in [1.165, 1.54) is 5.56 Å². The van der Waals surface area contributed by atoms with Gasteiger partial charge in [-0.1, -0.05) is 0 Å². The van der Waals surface area contributed by atoms with E-state index in [-0.39, 0.29) is 0 Å². The topological polar surface area (TPSA) is 39.1 Å². The van der Waals surface area contributed by atoms with E-state index in [0.29, 0.717) is 6.04 Å². The van der Waals surface area contributed by atoms with Gasteiger partial charge in [0.05, 0.1) is 12.8 Å². The van der Waals surface area contributed by atoms with Gasteiger partial charge < -0.3 is 10.1 Å². The molecule has 0 amide bonds. The Labute approximate surface area is 78.9 Å². The third-order valence-corrected chi connectivity index (χ3v) is 1.98. The van der Waals surface area contributed by atoms with Crippen molar-refractivity contribution in [2.75, 3.05) is 20.3 Å². The molecule has 0 unspecified atom stereocenters. The molecule has 0 fully saturated rings. The van der Waals surface area contributed by atoms with E-state index >= 15 is 0 Å². The maximum Gasteiger partial charge on any atom is 0.0587 e. The second-order valence-corrected chi connectivity index (χ2v) is 3.12. The normalized spacial score (nSPS) is 13.2. The zero-order valence-corrected chi connectivity index (χ0v) is 8.45. The summed E-state index contributed by atoms with van der Waals surface area (Å²) in [6, 6.07) is 0.337. The number of ether oxygens (including phenoxy) is 1. The highest BCUT2D eigenvalue weighted by Crippen LogP contribution is 2.09. The summed E-state index contributed by atoms with van der Waals surface area (Å²) in [5, 5.41) is 7.45. The van der Waals surface area contributed by atoms with Gasteiger partial charge in [-0.05, 0) is 6.92 Å². The van der Waals surface area contributed by atoms with E-state index in [0.717, 1.165) is 13.2 Å². The lowest BCUT2D eigenvalue weighted by atomic mass is 10.2. The van der Waals surface area contributed by atoms with E-state index < -0.39 is 0 Å². The highest BCUT2D eigenvalue weighted by Gasteiger charge is 2.05. The highest BCUT2D eigenvalue weighted by molar-refractivity contribution is 5.08. The number of aryl methyl sites for hydroxylation is 1. The number of nitrogens with zero attached hydrogens (tertiary/aromatic N) is 2. The summed E-state index contributed by atoms with van der Waals surface area (Å²) < 4.78 is 6.76. The smallest absolute Gasteiger partial charge is 0.0587 e. The van der Waals surface area contributed by atoms with E-state index in [2.05, 4.69) is 17.3 Å². The lowest BCUT2D eigenvalue weighted by Gasteiger charge is -2.10. The minimum Gasteiger partial charge on any atom is -0.383 e. The lowest BCUT2D eigenvalue weighted by Crippen LogP contribution is -2.22. The molecule has 0 aliphatic rings. The minimum absolute atomic E-state index is 0.337. The third-order valence-electron chi connectivity index (χ3n) is 1.98. The van der Waals surface area contributed by atoms with Gasteiger partial charge in [0.2, 0.25) is 0 Å². The Morgan fingerprint density at radius 1 is 1.69 bits per heavy atom. The van der Waals surface area contributed by atoms with Crippen molar-refractivity contribution in [3.05, 3.63) is 18.0 Å². The fourth-order valence-electron chi connectivity index (χ4n) is 1.16. The number of hydrogen-bond donors (Lipinski definition) is 1. The second-order valence-electron chi connectivity index (χ2n) is 3.12. The fraction of sp³-hybridized carbons (Fsp3) is 0.667. The van der Waals surface area contributed by atoms with Crippen LogP contribution in [-0.2, 0) is 11.8 Å². The maximum atomic E-state index is 4.95. The number of aromatic nitrogens is 2. The number of nitrogens with one attached hydrogen (secondary N) is 1. The first kappa shape index (κ1) is 10.2. The van der Waals surface area contributed by atoms with Crippen LogP contribution in [0.1, 0.15) is 18.5 Å². The first-order valence-electron chi connectivity index (χ1n) is 4.45. The SMILES string of the molecule is COCCN[C@@H](C)c1cnn(C)c1. The summed E-state index contributed by atoms with van der Waals surface area (Å²) in [5.41, 5.74) is 1.21. The van der Waals surface area contributed by atoms with Crippen LogP contribution in [0.5, 0.6) is 0 Å². The molecule has 0 saturated heterocycles. The number of rotatable bonds is 5. The van der Waals surface area contributed by atoms with Gasteiger partial charge in [-0.2, -0.15) is 5.10 Å². The van der Waals surface area contributed by atoms with Crippen LogP contribution < -0.4 is 5.32 Å². The van der Waals surface area contributed by atoms with Crippen molar-refractivity contribution >= 4 is 0 Å². The van der Waals surface area contributed by atoms with Gasteiger partial charge in [0.15, 0.2) is 0 Å². The Bertz CT molecular complexity index is 247. The number of methoxy groups -OCH3 is 1. The number of hydrogen-bond acceptors (Lipinski definition) is 3. The largest absolute Gasteiger partial charge is 0.383 e. The summed E-state index contributed by atoms with van der Waals surface area (Å²) in [6.07, 6.45) is 3.90. The quantitative estimate of drug-likeness (QED) is 0.684. The molecule has 13 heavy (non-hydrogen) atoms. The molecule has 0 saturated carbocycles. The predicted molar refractivity (Wildman–Crippen MR) is 51.5 cm³/mol. The van der Waals surface area contributed by atoms with Crippen molar-refractivity contribution in [2.45, 2.75) is 13.0 Å². The Morgan fingerprint density at radius 3 is 3.00 bits per heavy atom. The van der Waals surface area contributed by atoms with Crippen LogP contribution in [0.4, 0.5) is 0 Å². The Hall–Kier alpha value is -0.870. The van der Waals surface area contributed by atoms with Crippen LogP contribution in [0.2, 0.25) is 0 Å². The van der Waals surface area contributed by atoms with Gasteiger partial charge in [0.25, 0.3) is 0 Å². The molecule has 74 valence electrons. The second kappa shape index (κ2) is 4.99. The highest BCUT2D eigenvalue weighted by atomic mass is 16.5. The summed E-state index contributed by atoms with van der Waals surface area (Å²) in [5.74, 6) is 0. The molecule has 0 radical (unpaired) electrons. The van der Waals surface area contributed by atoms with Crippen LogP contribution in [0.25, 0.3) is 0 Å². The molecule has 1 heterocycles. The molecule has 0 bridgehead atoms. The van der Waals surface area contributed by atoms with Crippen molar-refractivity contribution < 1.29 is 4.74 Å². The molecule has 0 aliphatic heterocycles. The van der Waals surface area contributed by atoms with Crippen LogP contribution in [0.3, 0.4) is 0 Å². The molecule has 1 rings (SSSR count). The van der Waals surface area contributed by atoms with Crippen molar-refractivity contribution in [2.24, 2.45) is 7.05 Å². The maximum absolute atomic E-state index is 4.95. The third kappa shape index (κ3) is 3.16. The van der Waals surface area contributed by atoms with Crippen LogP contribution in [0, 0.1) is 0 Å². The average Bonchev–Trinajstić information content (AvgIpc) is 2.52. The summed E-state index contributed by atoms with van der Waals surface area (Å²) in [4.78, 5) is 0. The standard InChI is InChI=1S/C9H17N3O/c1-8(10-4-5-13-3)9-6-11-12(2)7-9/h6-8,10H,4-5H2,1-3H3/t8-/m0/s1. The molecule has 1 aromatic heterocycles. The van der Waals surface area contributed by atoms with Gasteiger partial charge in [0, 0.05) is 38.5 Å². The van der Waals surface area contributed by atoms with Crippen LogP contribution >= 0.6 is 0 Å². The van der Waals surface area contributed by atoms with Gasteiger partial charge in [-0.3, -0.25) is 4.68 Å². The summed E-state index contributed by atoms with van der Waals surface area (Å²) in [7, 11) is 3.63. The molecular weight excluding hydrogens is 166 g/mol. The van der Waals surface area contributed by atoms with Crippen LogP contribution in [-0.4, -0.2) is 30.0 Å². The average molecular weight is 183 g/mol. The van der Waals surface area contributed by atoms with Crippen molar-refractivity contribution in [1.29, 1.82) is 0 Å². The Balaban J connectivity index is 2.35. The van der Waals surface area contributed by atoms with Gasteiger partial charge >= 0.3 is 0 Å². The van der Waals surface area contributed by atoms with Gasteiger partial charge in [-0.15, -0.1) is 0 Å².